The molecule has 3 aromatic rings. The maximum atomic E-state index is 13.7. The van der Waals surface area contributed by atoms with Crippen molar-refractivity contribution in [3.05, 3.63) is 52.8 Å². The standard InChI is InChI=1S/C28H32ClFN4O4/c29-19-6-8-22-25(14-19)38-28(32-22)33-23(12-17-4-2-1-3-5-17)27(37)31-21(15-26(35)36)16-34-11-10-18-13-20(30)7-9-24(18)34/h6-9,13-14,17,21,23H,1-5,10-12,15-16H2,(H,31,37)(H,32,33)(H,35,36)/t21-,23-/m0/s1. The van der Waals surface area contributed by atoms with Crippen LogP contribution in [0.3, 0.4) is 0 Å². The van der Waals surface area contributed by atoms with Gasteiger partial charge in [-0.25, -0.2) is 4.39 Å². The third-order valence-corrected chi connectivity index (χ3v) is 7.74. The summed E-state index contributed by atoms with van der Waals surface area (Å²) in [4.78, 5) is 31.8. The van der Waals surface area contributed by atoms with Crippen molar-refractivity contribution < 1.29 is 23.5 Å². The number of aromatic nitrogens is 1. The summed E-state index contributed by atoms with van der Waals surface area (Å²) in [5.74, 6) is -1.20. The Kier molecular flexibility index (Phi) is 8.02. The number of halogens is 2. The summed E-state index contributed by atoms with van der Waals surface area (Å²) in [7, 11) is 0. The molecule has 10 heteroatoms. The van der Waals surface area contributed by atoms with E-state index in [4.69, 9.17) is 16.0 Å². The zero-order chi connectivity index (χ0) is 26.6. The SMILES string of the molecule is O=C(O)C[C@@H](CN1CCc2cc(F)ccc21)NC(=O)[C@H](CC1CCCCC1)Nc1nc2ccc(Cl)cc2o1. The Bertz CT molecular complexity index is 1310. The van der Waals surface area contributed by atoms with Crippen molar-refractivity contribution in [1.82, 2.24) is 10.3 Å². The number of carboxylic acid groups (broad SMARTS) is 1. The van der Waals surface area contributed by atoms with E-state index in [0.717, 1.165) is 36.9 Å². The Labute approximate surface area is 225 Å². The van der Waals surface area contributed by atoms with Crippen molar-refractivity contribution in [2.75, 3.05) is 23.3 Å². The minimum Gasteiger partial charge on any atom is -0.481 e. The molecule has 5 rings (SSSR count). The van der Waals surface area contributed by atoms with Gasteiger partial charge in [0, 0.05) is 29.9 Å². The van der Waals surface area contributed by atoms with Crippen LogP contribution in [-0.2, 0) is 16.0 Å². The van der Waals surface area contributed by atoms with Crippen molar-refractivity contribution in [1.29, 1.82) is 0 Å². The van der Waals surface area contributed by atoms with Crippen LogP contribution in [0.4, 0.5) is 16.1 Å². The molecule has 8 nitrogen and oxygen atoms in total. The predicted octanol–water partition coefficient (Wildman–Crippen LogP) is 5.39. The topological polar surface area (TPSA) is 108 Å². The largest absolute Gasteiger partial charge is 0.481 e. The third kappa shape index (κ3) is 6.38. The number of aliphatic carboxylic acids is 1. The van der Waals surface area contributed by atoms with Crippen LogP contribution in [0.2, 0.25) is 5.02 Å². The Hall–Kier alpha value is -3.33. The molecule has 2 aromatic carbocycles. The molecule has 0 unspecified atom stereocenters. The van der Waals surface area contributed by atoms with E-state index in [1.165, 1.54) is 18.6 Å². The highest BCUT2D eigenvalue weighted by Gasteiger charge is 2.30. The highest BCUT2D eigenvalue weighted by Crippen LogP contribution is 2.31. The van der Waals surface area contributed by atoms with E-state index < -0.39 is 18.1 Å². The Morgan fingerprint density at radius 2 is 2.00 bits per heavy atom. The second-order valence-corrected chi connectivity index (χ2v) is 10.8. The van der Waals surface area contributed by atoms with Gasteiger partial charge in [-0.1, -0.05) is 43.7 Å². The summed E-state index contributed by atoms with van der Waals surface area (Å²) < 4.78 is 19.5. The smallest absolute Gasteiger partial charge is 0.305 e. The molecule has 3 N–H and O–H groups in total. The second kappa shape index (κ2) is 11.6. The molecule has 1 saturated carbocycles. The number of oxazole rings is 1. The number of fused-ring (bicyclic) bond motifs is 2. The zero-order valence-corrected chi connectivity index (χ0v) is 21.8. The van der Waals surface area contributed by atoms with Gasteiger partial charge in [0.2, 0.25) is 5.91 Å². The summed E-state index contributed by atoms with van der Waals surface area (Å²) in [6.07, 6.45) is 6.62. The van der Waals surface area contributed by atoms with E-state index in [2.05, 4.69) is 15.6 Å². The van der Waals surface area contributed by atoms with Gasteiger partial charge in [0.1, 0.15) is 17.4 Å². The summed E-state index contributed by atoms with van der Waals surface area (Å²) in [5.41, 5.74) is 2.91. The number of anilines is 2. The van der Waals surface area contributed by atoms with Gasteiger partial charge in [-0.3, -0.25) is 9.59 Å². The maximum Gasteiger partial charge on any atom is 0.305 e. The first-order valence-electron chi connectivity index (χ1n) is 13.2. The molecule has 0 spiro atoms. The van der Waals surface area contributed by atoms with Crippen LogP contribution >= 0.6 is 11.6 Å². The monoisotopic (exact) mass is 542 g/mol. The van der Waals surface area contributed by atoms with Gasteiger partial charge in [0.05, 0.1) is 12.5 Å². The van der Waals surface area contributed by atoms with Crippen LogP contribution in [0.25, 0.3) is 11.1 Å². The Morgan fingerprint density at radius 1 is 1.18 bits per heavy atom. The molecule has 0 radical (unpaired) electrons. The second-order valence-electron chi connectivity index (χ2n) is 10.3. The van der Waals surface area contributed by atoms with Crippen LogP contribution in [-0.4, -0.2) is 47.1 Å². The van der Waals surface area contributed by atoms with Crippen LogP contribution in [0.1, 0.15) is 50.5 Å². The first-order chi connectivity index (χ1) is 18.3. The lowest BCUT2D eigenvalue weighted by Gasteiger charge is -2.29. The van der Waals surface area contributed by atoms with E-state index in [-0.39, 0.29) is 24.2 Å². The number of hydrogen-bond donors (Lipinski definition) is 3. The lowest BCUT2D eigenvalue weighted by atomic mass is 9.84. The van der Waals surface area contributed by atoms with E-state index >= 15 is 0 Å². The average molecular weight is 543 g/mol. The number of rotatable bonds is 10. The highest BCUT2D eigenvalue weighted by molar-refractivity contribution is 6.31. The summed E-state index contributed by atoms with van der Waals surface area (Å²) in [6, 6.07) is 8.74. The molecule has 2 aliphatic rings. The minimum atomic E-state index is -0.999. The molecule has 2 heterocycles. The van der Waals surface area contributed by atoms with Crippen molar-refractivity contribution in [3.8, 4) is 0 Å². The van der Waals surface area contributed by atoms with Crippen molar-refractivity contribution >= 4 is 46.3 Å². The molecule has 0 saturated heterocycles. The lowest BCUT2D eigenvalue weighted by Crippen LogP contribution is -2.50. The van der Waals surface area contributed by atoms with Crippen LogP contribution in [0.5, 0.6) is 0 Å². The van der Waals surface area contributed by atoms with Gasteiger partial charge in [0.15, 0.2) is 5.58 Å². The fourth-order valence-corrected chi connectivity index (χ4v) is 5.83. The van der Waals surface area contributed by atoms with Gasteiger partial charge in [-0.05, 0) is 54.7 Å². The minimum absolute atomic E-state index is 0.225. The van der Waals surface area contributed by atoms with Crippen molar-refractivity contribution in [2.45, 2.75) is 63.5 Å². The summed E-state index contributed by atoms with van der Waals surface area (Å²) >= 11 is 6.08. The van der Waals surface area contributed by atoms with Gasteiger partial charge in [-0.2, -0.15) is 4.98 Å². The number of amides is 1. The van der Waals surface area contributed by atoms with Gasteiger partial charge in [0.25, 0.3) is 6.01 Å². The molecule has 1 aromatic heterocycles. The summed E-state index contributed by atoms with van der Waals surface area (Å²) in [6.45, 7) is 0.953. The molecule has 2 atom stereocenters. The Morgan fingerprint density at radius 3 is 2.79 bits per heavy atom. The maximum absolute atomic E-state index is 13.7. The van der Waals surface area contributed by atoms with Crippen LogP contribution < -0.4 is 15.5 Å². The first kappa shape index (κ1) is 26.3. The van der Waals surface area contributed by atoms with Gasteiger partial charge in [-0.15, -0.1) is 0 Å². The zero-order valence-electron chi connectivity index (χ0n) is 21.1. The number of hydrogen-bond acceptors (Lipinski definition) is 6. The number of nitrogens with zero attached hydrogens (tertiary/aromatic N) is 2. The molecule has 1 aliphatic carbocycles. The van der Waals surface area contributed by atoms with E-state index in [9.17, 15) is 19.1 Å². The molecule has 1 fully saturated rings. The molecular weight excluding hydrogens is 511 g/mol. The van der Waals surface area contributed by atoms with Crippen molar-refractivity contribution in [3.63, 3.8) is 0 Å². The third-order valence-electron chi connectivity index (χ3n) is 7.50. The van der Waals surface area contributed by atoms with Crippen LogP contribution in [0, 0.1) is 11.7 Å². The van der Waals surface area contributed by atoms with Crippen LogP contribution in [0.15, 0.2) is 40.8 Å². The number of carbonyl (C=O) groups excluding carboxylic acids is 1. The number of nitrogens with one attached hydrogen (secondary N) is 2. The number of carboxylic acids is 1. The molecule has 202 valence electrons. The van der Waals surface area contributed by atoms with Gasteiger partial charge >= 0.3 is 5.97 Å². The van der Waals surface area contributed by atoms with E-state index in [1.54, 1.807) is 24.3 Å². The lowest BCUT2D eigenvalue weighted by molar-refractivity contribution is -0.137. The first-order valence-corrected chi connectivity index (χ1v) is 13.6. The number of benzene rings is 2. The highest BCUT2D eigenvalue weighted by atomic mass is 35.5. The fraction of sp³-hybridized carbons (Fsp3) is 0.464. The fourth-order valence-electron chi connectivity index (χ4n) is 5.67. The van der Waals surface area contributed by atoms with Gasteiger partial charge < -0.3 is 25.1 Å². The van der Waals surface area contributed by atoms with Crippen molar-refractivity contribution in [2.24, 2.45) is 5.92 Å². The van der Waals surface area contributed by atoms with E-state index in [1.807, 2.05) is 4.90 Å². The number of carbonyl (C=O) groups is 2. The molecule has 0 bridgehead atoms. The molecule has 38 heavy (non-hydrogen) atoms. The predicted molar refractivity (Wildman–Crippen MR) is 144 cm³/mol. The molecule has 1 amide bonds. The summed E-state index contributed by atoms with van der Waals surface area (Å²) in [5, 5.41) is 16.3. The average Bonchev–Trinajstić information content (AvgIpc) is 3.46. The molecule has 1 aliphatic heterocycles. The normalized spacial score (nSPS) is 17.3. The Balaban J connectivity index is 1.33. The van der Waals surface area contributed by atoms with E-state index in [0.29, 0.717) is 48.0 Å². The quantitative estimate of drug-likeness (QED) is 0.315. The molecular formula is C28H32ClFN4O4.